The van der Waals surface area contributed by atoms with Crippen molar-refractivity contribution in [1.82, 2.24) is 9.97 Å². The van der Waals surface area contributed by atoms with Gasteiger partial charge in [0, 0.05) is 24.6 Å². The minimum atomic E-state index is -0.269. The van der Waals surface area contributed by atoms with E-state index in [0.717, 1.165) is 30.6 Å². The van der Waals surface area contributed by atoms with Crippen molar-refractivity contribution in [3.63, 3.8) is 0 Å². The summed E-state index contributed by atoms with van der Waals surface area (Å²) < 4.78 is 5.32. The Kier molecular flexibility index (Phi) is 4.93. The molecule has 4 rings (SSSR count). The molecule has 28 heavy (non-hydrogen) atoms. The number of carbonyl (C=O) groups excluding carboxylic acids is 1. The number of aryl methyl sites for hydroxylation is 2. The monoisotopic (exact) mass is 374 g/mol. The van der Waals surface area contributed by atoms with E-state index in [0.29, 0.717) is 22.9 Å². The molecule has 6 nitrogen and oxygen atoms in total. The number of ether oxygens (including phenoxy) is 1. The van der Waals surface area contributed by atoms with Crippen molar-refractivity contribution in [1.29, 1.82) is 0 Å². The molecule has 2 heterocycles. The van der Waals surface area contributed by atoms with Crippen LogP contribution in [0.3, 0.4) is 0 Å². The van der Waals surface area contributed by atoms with E-state index in [4.69, 9.17) is 4.74 Å². The van der Waals surface area contributed by atoms with Crippen molar-refractivity contribution in [2.24, 2.45) is 0 Å². The fraction of sp³-hybridized carbons (Fsp3) is 0.227. The van der Waals surface area contributed by atoms with E-state index in [-0.39, 0.29) is 5.91 Å². The Morgan fingerprint density at radius 3 is 2.71 bits per heavy atom. The molecule has 1 N–H and O–H groups in total. The topological polar surface area (TPSA) is 67.3 Å². The maximum Gasteiger partial charge on any atom is 0.258 e. The number of nitrogens with one attached hydrogen (secondary N) is 1. The van der Waals surface area contributed by atoms with Crippen LogP contribution in [0.15, 0.2) is 54.9 Å². The molecule has 3 aromatic rings. The van der Waals surface area contributed by atoms with Crippen LogP contribution in [0.2, 0.25) is 0 Å². The fourth-order valence-corrected chi connectivity index (χ4v) is 3.43. The fourth-order valence-electron chi connectivity index (χ4n) is 3.43. The SMILES string of the molecule is COc1ccc(C)cc1NC(=O)c1cnc(N2CCCc3ccccc32)nc1. The van der Waals surface area contributed by atoms with Crippen molar-refractivity contribution < 1.29 is 9.53 Å². The van der Waals surface area contributed by atoms with Gasteiger partial charge in [-0.1, -0.05) is 24.3 Å². The molecule has 6 heteroatoms. The van der Waals surface area contributed by atoms with Gasteiger partial charge in [0.15, 0.2) is 0 Å². The third-order valence-electron chi connectivity index (χ3n) is 4.86. The molecule has 0 radical (unpaired) electrons. The molecule has 1 aliphatic rings. The van der Waals surface area contributed by atoms with Crippen molar-refractivity contribution in [2.45, 2.75) is 19.8 Å². The van der Waals surface area contributed by atoms with Crippen molar-refractivity contribution >= 4 is 23.2 Å². The van der Waals surface area contributed by atoms with Crippen molar-refractivity contribution in [3.05, 3.63) is 71.5 Å². The zero-order valence-corrected chi connectivity index (χ0v) is 16.0. The van der Waals surface area contributed by atoms with Gasteiger partial charge in [-0.2, -0.15) is 0 Å². The van der Waals surface area contributed by atoms with Gasteiger partial charge in [-0.05, 0) is 49.1 Å². The molecule has 1 aliphatic heterocycles. The number of methoxy groups -OCH3 is 1. The van der Waals surface area contributed by atoms with Gasteiger partial charge in [0.05, 0.1) is 18.4 Å². The molecule has 0 unspecified atom stereocenters. The lowest BCUT2D eigenvalue weighted by Crippen LogP contribution is -2.26. The predicted molar refractivity (Wildman–Crippen MR) is 109 cm³/mol. The summed E-state index contributed by atoms with van der Waals surface area (Å²) in [7, 11) is 1.58. The lowest BCUT2D eigenvalue weighted by molar-refractivity contribution is 0.102. The van der Waals surface area contributed by atoms with Crippen LogP contribution in [-0.4, -0.2) is 29.5 Å². The summed E-state index contributed by atoms with van der Waals surface area (Å²) in [5.74, 6) is 0.952. The first-order valence-electron chi connectivity index (χ1n) is 9.29. The number of aromatic nitrogens is 2. The van der Waals surface area contributed by atoms with Gasteiger partial charge in [-0.3, -0.25) is 4.79 Å². The Labute approximate surface area is 164 Å². The summed E-state index contributed by atoms with van der Waals surface area (Å²) in [5.41, 5.74) is 4.49. The number of carbonyl (C=O) groups is 1. The molecular formula is C22H22N4O2. The van der Waals surface area contributed by atoms with E-state index in [1.807, 2.05) is 31.2 Å². The number of anilines is 3. The standard InChI is InChI=1S/C22H22N4O2/c1-15-9-10-20(28-2)18(12-15)25-21(27)17-13-23-22(24-14-17)26-11-5-7-16-6-3-4-8-19(16)26/h3-4,6,8-10,12-14H,5,7,11H2,1-2H3,(H,25,27). The minimum Gasteiger partial charge on any atom is -0.495 e. The molecule has 2 aromatic carbocycles. The highest BCUT2D eigenvalue weighted by Crippen LogP contribution is 2.31. The molecule has 0 aliphatic carbocycles. The number of rotatable bonds is 4. The quantitative estimate of drug-likeness (QED) is 0.744. The molecule has 0 atom stereocenters. The number of para-hydroxylation sites is 1. The summed E-state index contributed by atoms with van der Waals surface area (Å²) in [4.78, 5) is 23.6. The van der Waals surface area contributed by atoms with E-state index < -0.39 is 0 Å². The van der Waals surface area contributed by atoms with Crippen LogP contribution in [0.1, 0.15) is 27.9 Å². The second-order valence-electron chi connectivity index (χ2n) is 6.81. The number of hydrogen-bond acceptors (Lipinski definition) is 5. The Morgan fingerprint density at radius 1 is 1.14 bits per heavy atom. The lowest BCUT2D eigenvalue weighted by Gasteiger charge is -2.29. The van der Waals surface area contributed by atoms with Crippen LogP contribution in [0.4, 0.5) is 17.3 Å². The highest BCUT2D eigenvalue weighted by Gasteiger charge is 2.20. The number of fused-ring (bicyclic) bond motifs is 1. The van der Waals surface area contributed by atoms with Gasteiger partial charge >= 0.3 is 0 Å². The van der Waals surface area contributed by atoms with Gasteiger partial charge in [0.2, 0.25) is 5.95 Å². The molecular weight excluding hydrogens is 352 g/mol. The van der Waals surface area contributed by atoms with Gasteiger partial charge in [0.1, 0.15) is 5.75 Å². The van der Waals surface area contributed by atoms with Crippen LogP contribution in [0.25, 0.3) is 0 Å². The maximum atomic E-state index is 12.6. The van der Waals surface area contributed by atoms with Crippen molar-refractivity contribution in [3.8, 4) is 5.75 Å². The molecule has 1 aromatic heterocycles. The first-order chi connectivity index (χ1) is 13.7. The molecule has 0 fully saturated rings. The average molecular weight is 374 g/mol. The van der Waals surface area contributed by atoms with E-state index in [1.165, 1.54) is 5.56 Å². The van der Waals surface area contributed by atoms with E-state index in [2.05, 4.69) is 38.4 Å². The van der Waals surface area contributed by atoms with Gasteiger partial charge in [-0.25, -0.2) is 9.97 Å². The Bertz CT molecular complexity index is 1000. The Balaban J connectivity index is 1.54. The zero-order chi connectivity index (χ0) is 19.5. The summed E-state index contributed by atoms with van der Waals surface area (Å²) in [6, 6.07) is 13.9. The highest BCUT2D eigenvalue weighted by atomic mass is 16.5. The summed E-state index contributed by atoms with van der Waals surface area (Å²) in [6.45, 7) is 2.83. The van der Waals surface area contributed by atoms with Gasteiger partial charge < -0.3 is 15.0 Å². The molecule has 1 amide bonds. The molecule has 0 spiro atoms. The van der Waals surface area contributed by atoms with Crippen LogP contribution in [-0.2, 0) is 6.42 Å². The van der Waals surface area contributed by atoms with Crippen LogP contribution in [0, 0.1) is 6.92 Å². The molecule has 142 valence electrons. The molecule has 0 bridgehead atoms. The third-order valence-corrected chi connectivity index (χ3v) is 4.86. The molecule has 0 saturated heterocycles. The van der Waals surface area contributed by atoms with E-state index in [1.54, 1.807) is 19.5 Å². The molecule has 0 saturated carbocycles. The largest absolute Gasteiger partial charge is 0.495 e. The second kappa shape index (κ2) is 7.68. The van der Waals surface area contributed by atoms with Crippen LogP contribution in [0.5, 0.6) is 5.75 Å². The zero-order valence-electron chi connectivity index (χ0n) is 16.0. The summed E-state index contributed by atoms with van der Waals surface area (Å²) in [6.07, 6.45) is 5.25. The normalized spacial score (nSPS) is 13.0. The smallest absolute Gasteiger partial charge is 0.258 e. The average Bonchev–Trinajstić information content (AvgIpc) is 2.73. The maximum absolute atomic E-state index is 12.6. The van der Waals surface area contributed by atoms with Crippen LogP contribution < -0.4 is 15.0 Å². The number of hydrogen-bond donors (Lipinski definition) is 1. The summed E-state index contributed by atoms with van der Waals surface area (Å²) in [5, 5.41) is 2.88. The third kappa shape index (κ3) is 3.53. The Morgan fingerprint density at radius 2 is 1.93 bits per heavy atom. The lowest BCUT2D eigenvalue weighted by atomic mass is 10.0. The predicted octanol–water partition coefficient (Wildman–Crippen LogP) is 4.13. The highest BCUT2D eigenvalue weighted by molar-refractivity contribution is 6.04. The minimum absolute atomic E-state index is 0.269. The number of nitrogens with zero attached hydrogens (tertiary/aromatic N) is 3. The van der Waals surface area contributed by atoms with Crippen molar-refractivity contribution in [2.75, 3.05) is 23.9 Å². The van der Waals surface area contributed by atoms with E-state index in [9.17, 15) is 4.79 Å². The van der Waals surface area contributed by atoms with E-state index >= 15 is 0 Å². The number of benzene rings is 2. The Hall–Kier alpha value is -3.41. The summed E-state index contributed by atoms with van der Waals surface area (Å²) >= 11 is 0. The van der Waals surface area contributed by atoms with Crippen LogP contribution >= 0.6 is 0 Å². The van der Waals surface area contributed by atoms with Gasteiger partial charge in [0.25, 0.3) is 5.91 Å². The number of amides is 1. The van der Waals surface area contributed by atoms with Gasteiger partial charge in [-0.15, -0.1) is 0 Å². The first-order valence-corrected chi connectivity index (χ1v) is 9.29. The second-order valence-corrected chi connectivity index (χ2v) is 6.81. The first kappa shape index (κ1) is 18.0.